The number of hydrogen-bond acceptors (Lipinski definition) is 7. The molecule has 1 aromatic carbocycles. The molecule has 4 heterocycles. The molecule has 44 heavy (non-hydrogen) atoms. The van der Waals surface area contributed by atoms with Crippen molar-refractivity contribution in [3.05, 3.63) is 69.9 Å². The van der Waals surface area contributed by atoms with E-state index in [2.05, 4.69) is 34.3 Å². The minimum atomic E-state index is -1.18. The van der Waals surface area contributed by atoms with Gasteiger partial charge in [-0.2, -0.15) is 0 Å². The topological polar surface area (TPSA) is 107 Å². The van der Waals surface area contributed by atoms with E-state index in [4.69, 9.17) is 32.4 Å². The molecule has 5 atom stereocenters. The Morgan fingerprint density at radius 3 is 2.64 bits per heavy atom. The van der Waals surface area contributed by atoms with E-state index in [1.807, 2.05) is 6.07 Å². The van der Waals surface area contributed by atoms with Gasteiger partial charge in [0.05, 0.1) is 12.0 Å². The highest BCUT2D eigenvalue weighted by Gasteiger charge is 2.72. The standard InChI is InChI=1S/C33H35Cl2FN4O4/c1-31(2)8-10-32(11-9-31)15-21(24(41)13-18-3-6-25(43-16-18)29-40-38-17-44-29)26(20-7-12-37-28(35)27(20)36)33(32)22-5-4-19(34)14-23(22)39-30(33)42/h4-5,7,12,14,17-18,21,25-26H,3,6,8-11,13,15-16H2,1-2H3,(H,39,42)/t18-,21-,25-,26-,33+/m0/s1. The normalized spacial score (nSPS) is 30.4. The van der Waals surface area contributed by atoms with Gasteiger partial charge in [-0.05, 0) is 91.0 Å². The maximum absolute atomic E-state index is 16.1. The number of rotatable bonds is 5. The van der Waals surface area contributed by atoms with Gasteiger partial charge in [-0.1, -0.05) is 43.1 Å². The number of aromatic nitrogens is 3. The lowest BCUT2D eigenvalue weighted by Gasteiger charge is -2.51. The van der Waals surface area contributed by atoms with Gasteiger partial charge in [0.1, 0.15) is 11.9 Å². The predicted octanol–water partition coefficient (Wildman–Crippen LogP) is 7.62. The molecule has 3 fully saturated rings. The molecule has 2 aliphatic carbocycles. The maximum Gasteiger partial charge on any atom is 0.244 e. The largest absolute Gasteiger partial charge is 0.425 e. The zero-order valence-electron chi connectivity index (χ0n) is 24.7. The van der Waals surface area contributed by atoms with Crippen LogP contribution in [0.3, 0.4) is 0 Å². The molecule has 4 aliphatic rings. The molecule has 2 aromatic heterocycles. The number of halogens is 3. The Bertz CT molecular complexity index is 1600. The van der Waals surface area contributed by atoms with E-state index in [-0.39, 0.29) is 46.3 Å². The fraction of sp³-hybridized carbons (Fsp3) is 0.545. The second-order valence-electron chi connectivity index (χ2n) is 13.9. The number of amides is 1. The van der Waals surface area contributed by atoms with Gasteiger partial charge in [-0.3, -0.25) is 9.59 Å². The summed E-state index contributed by atoms with van der Waals surface area (Å²) in [4.78, 5) is 33.1. The lowest BCUT2D eigenvalue weighted by molar-refractivity contribution is -0.127. The van der Waals surface area contributed by atoms with Gasteiger partial charge in [0.2, 0.25) is 18.2 Å². The number of nitrogens with one attached hydrogen (secondary N) is 1. The molecule has 1 amide bonds. The molecule has 11 heteroatoms. The fourth-order valence-corrected chi connectivity index (χ4v) is 9.16. The van der Waals surface area contributed by atoms with Crippen LogP contribution in [0.4, 0.5) is 10.1 Å². The Morgan fingerprint density at radius 1 is 1.14 bits per heavy atom. The fourth-order valence-electron chi connectivity index (χ4n) is 8.82. The molecule has 2 aliphatic heterocycles. The van der Waals surface area contributed by atoms with Gasteiger partial charge in [0, 0.05) is 35.2 Å². The second kappa shape index (κ2) is 10.9. The van der Waals surface area contributed by atoms with Crippen LogP contribution in [0.2, 0.25) is 10.2 Å². The Labute approximate surface area is 265 Å². The van der Waals surface area contributed by atoms with Crippen molar-refractivity contribution in [2.45, 2.75) is 82.7 Å². The number of anilines is 1. The van der Waals surface area contributed by atoms with E-state index < -0.39 is 28.5 Å². The highest BCUT2D eigenvalue weighted by molar-refractivity contribution is 6.31. The summed E-state index contributed by atoms with van der Waals surface area (Å²) in [5.41, 5.74) is 0.0218. The van der Waals surface area contributed by atoms with Crippen LogP contribution in [-0.4, -0.2) is 33.5 Å². The lowest BCUT2D eigenvalue weighted by Crippen LogP contribution is -2.52. The molecule has 0 unspecified atom stereocenters. The van der Waals surface area contributed by atoms with Crippen LogP contribution in [-0.2, 0) is 19.7 Å². The van der Waals surface area contributed by atoms with Crippen molar-refractivity contribution in [1.82, 2.24) is 15.2 Å². The summed E-state index contributed by atoms with van der Waals surface area (Å²) in [7, 11) is 0. The molecule has 1 saturated heterocycles. The van der Waals surface area contributed by atoms with Gasteiger partial charge in [-0.15, -0.1) is 10.2 Å². The Kier molecular flexibility index (Phi) is 7.37. The minimum absolute atomic E-state index is 0.0171. The monoisotopic (exact) mass is 640 g/mol. The van der Waals surface area contributed by atoms with Crippen molar-refractivity contribution in [1.29, 1.82) is 0 Å². The molecule has 8 nitrogen and oxygen atoms in total. The van der Waals surface area contributed by atoms with Crippen LogP contribution in [0.15, 0.2) is 41.3 Å². The molecule has 232 valence electrons. The van der Waals surface area contributed by atoms with Crippen molar-refractivity contribution >= 4 is 40.6 Å². The van der Waals surface area contributed by atoms with E-state index in [1.165, 1.54) is 12.6 Å². The van der Waals surface area contributed by atoms with Crippen LogP contribution >= 0.6 is 23.2 Å². The number of benzene rings is 1. The number of nitrogens with zero attached hydrogens (tertiary/aromatic N) is 3. The van der Waals surface area contributed by atoms with Crippen LogP contribution < -0.4 is 5.32 Å². The summed E-state index contributed by atoms with van der Waals surface area (Å²) in [5.74, 6) is -1.82. The molecule has 0 bridgehead atoms. The summed E-state index contributed by atoms with van der Waals surface area (Å²) >= 11 is 12.7. The highest BCUT2D eigenvalue weighted by Crippen LogP contribution is 2.72. The van der Waals surface area contributed by atoms with Gasteiger partial charge in [0.15, 0.2) is 11.0 Å². The zero-order chi connectivity index (χ0) is 30.9. The van der Waals surface area contributed by atoms with Crippen molar-refractivity contribution in [2.24, 2.45) is 22.7 Å². The number of ether oxygens (including phenoxy) is 1. The number of Topliss-reactive ketones (excluding diaryl/α,β-unsaturated/α-hetero) is 1. The average molecular weight is 642 g/mol. The van der Waals surface area contributed by atoms with Gasteiger partial charge in [-0.25, -0.2) is 9.37 Å². The Morgan fingerprint density at radius 2 is 1.93 bits per heavy atom. The maximum atomic E-state index is 16.1. The van der Waals surface area contributed by atoms with Gasteiger partial charge in [0.25, 0.3) is 0 Å². The van der Waals surface area contributed by atoms with Crippen molar-refractivity contribution < 1.29 is 23.1 Å². The average Bonchev–Trinajstić information content (AvgIpc) is 3.70. The third-order valence-corrected chi connectivity index (χ3v) is 11.5. The lowest BCUT2D eigenvalue weighted by atomic mass is 9.51. The van der Waals surface area contributed by atoms with Crippen LogP contribution in [0, 0.1) is 28.5 Å². The van der Waals surface area contributed by atoms with Gasteiger partial charge >= 0.3 is 0 Å². The Hall–Kier alpha value is -2.88. The summed E-state index contributed by atoms with van der Waals surface area (Å²) in [6, 6.07) is 7.03. The predicted molar refractivity (Wildman–Crippen MR) is 162 cm³/mol. The molecular weight excluding hydrogens is 606 g/mol. The first-order valence-corrected chi connectivity index (χ1v) is 16.1. The van der Waals surface area contributed by atoms with Crippen molar-refractivity contribution in [3.8, 4) is 0 Å². The van der Waals surface area contributed by atoms with Crippen LogP contribution in [0.25, 0.3) is 0 Å². The zero-order valence-corrected chi connectivity index (χ0v) is 26.3. The first kappa shape index (κ1) is 29.8. The van der Waals surface area contributed by atoms with E-state index in [0.717, 1.165) is 37.7 Å². The summed E-state index contributed by atoms with van der Waals surface area (Å²) in [6.45, 7) is 4.87. The number of carbonyl (C=O) groups excluding carboxylic acids is 2. The molecule has 0 radical (unpaired) electrons. The number of fused-ring (bicyclic) bond motifs is 3. The molecule has 2 saturated carbocycles. The second-order valence-corrected chi connectivity index (χ2v) is 14.7. The van der Waals surface area contributed by atoms with Crippen LogP contribution in [0.1, 0.15) is 94.3 Å². The smallest absolute Gasteiger partial charge is 0.244 e. The number of hydrogen-bond donors (Lipinski definition) is 1. The van der Waals surface area contributed by atoms with E-state index in [1.54, 1.807) is 18.2 Å². The first-order valence-electron chi connectivity index (χ1n) is 15.4. The molecule has 1 N–H and O–H groups in total. The van der Waals surface area contributed by atoms with Crippen molar-refractivity contribution in [3.63, 3.8) is 0 Å². The van der Waals surface area contributed by atoms with Crippen molar-refractivity contribution in [2.75, 3.05) is 11.9 Å². The summed E-state index contributed by atoms with van der Waals surface area (Å²) in [6.07, 6.45) is 7.89. The van der Waals surface area contributed by atoms with Crippen LogP contribution in [0.5, 0.6) is 0 Å². The quantitative estimate of drug-likeness (QED) is 0.286. The molecule has 3 aromatic rings. The third-order valence-electron chi connectivity index (χ3n) is 11.0. The first-order chi connectivity index (χ1) is 21.0. The number of ketones is 1. The van der Waals surface area contributed by atoms with Gasteiger partial charge < -0.3 is 14.5 Å². The minimum Gasteiger partial charge on any atom is -0.425 e. The van der Waals surface area contributed by atoms with E-state index in [9.17, 15) is 9.59 Å². The van der Waals surface area contributed by atoms with E-state index >= 15 is 4.39 Å². The number of carbonyl (C=O) groups is 2. The number of pyridine rings is 1. The molecule has 7 rings (SSSR count). The highest BCUT2D eigenvalue weighted by atomic mass is 35.5. The third kappa shape index (κ3) is 4.60. The molecule has 2 spiro atoms. The Balaban J connectivity index is 1.31. The summed E-state index contributed by atoms with van der Waals surface area (Å²) in [5, 5.41) is 11.1. The summed E-state index contributed by atoms with van der Waals surface area (Å²) < 4.78 is 27.5. The molecular formula is C33H35Cl2FN4O4. The van der Waals surface area contributed by atoms with E-state index in [0.29, 0.717) is 36.0 Å². The SMILES string of the molecule is CC1(C)CCC2(CC1)C[C@@H](C(=O)C[C@@H]1CC[C@@H](c3nnco3)OC1)[C@H](c1ccnc(Cl)c1F)[C@]21C(=O)Nc2cc(Cl)ccc21.